The number of nitrogens with zero attached hydrogens (tertiary/aromatic N) is 4. The highest BCUT2D eigenvalue weighted by Crippen LogP contribution is 2.33. The van der Waals surface area contributed by atoms with Crippen LogP contribution in [-0.4, -0.2) is 87.3 Å². The summed E-state index contributed by atoms with van der Waals surface area (Å²) < 4.78 is 20.2. The molecule has 0 saturated carbocycles. The molecule has 0 spiro atoms. The Morgan fingerprint density at radius 3 is 1.74 bits per heavy atom. The van der Waals surface area contributed by atoms with Crippen LogP contribution in [0.2, 0.25) is 0 Å². The third kappa shape index (κ3) is 10.9. The summed E-state index contributed by atoms with van der Waals surface area (Å²) in [6.45, 7) is 12.0. The lowest BCUT2D eigenvalue weighted by Crippen LogP contribution is -2.51. The van der Waals surface area contributed by atoms with Crippen molar-refractivity contribution in [2.45, 2.75) is 19.4 Å². The van der Waals surface area contributed by atoms with Crippen LogP contribution >= 0.6 is 0 Å². The molecule has 1 fully saturated rings. The average Bonchev–Trinajstić information content (AvgIpc) is 3.31. The highest BCUT2D eigenvalue weighted by Gasteiger charge is 2.28. The molecule has 6 aromatic rings. The van der Waals surface area contributed by atoms with Crippen molar-refractivity contribution < 1.29 is 9.13 Å². The average molecular weight is 811 g/mol. The fraction of sp³-hybridized carbons (Fsp3) is 0.273. The normalized spacial score (nSPS) is 16.1. The highest BCUT2D eigenvalue weighted by molar-refractivity contribution is 5.81. The lowest BCUT2D eigenvalue weighted by molar-refractivity contribution is 0.102. The van der Waals surface area contributed by atoms with Gasteiger partial charge in [0.15, 0.2) is 0 Å². The fourth-order valence-corrected chi connectivity index (χ4v) is 9.16. The monoisotopic (exact) mass is 810 g/mol. The van der Waals surface area contributed by atoms with Crippen molar-refractivity contribution in [2.75, 3.05) is 77.5 Å². The molecule has 0 aliphatic carbocycles. The first-order valence-corrected chi connectivity index (χ1v) is 22.0. The number of anilines is 1. The molecule has 6 aromatic carbocycles. The van der Waals surface area contributed by atoms with Crippen LogP contribution in [0, 0.1) is 11.7 Å². The summed E-state index contributed by atoms with van der Waals surface area (Å²) >= 11 is 0. The van der Waals surface area contributed by atoms with E-state index in [1.807, 2.05) is 6.07 Å². The van der Waals surface area contributed by atoms with Crippen molar-refractivity contribution in [2.24, 2.45) is 5.92 Å². The molecule has 2 aliphatic heterocycles. The molecule has 2 heterocycles. The molecule has 0 aromatic heterocycles. The smallest absolute Gasteiger partial charge is 0.123 e. The Labute approximate surface area is 363 Å². The fourth-order valence-electron chi connectivity index (χ4n) is 9.16. The predicted molar refractivity (Wildman–Crippen MR) is 252 cm³/mol. The molecular weight excluding hydrogens is 752 g/mol. The van der Waals surface area contributed by atoms with E-state index in [1.165, 1.54) is 39.0 Å². The van der Waals surface area contributed by atoms with Gasteiger partial charge in [0.25, 0.3) is 0 Å². The summed E-state index contributed by atoms with van der Waals surface area (Å²) in [5.74, 6) is 1.15. The van der Waals surface area contributed by atoms with E-state index < -0.39 is 0 Å². The van der Waals surface area contributed by atoms with Crippen LogP contribution in [0.5, 0.6) is 5.75 Å². The largest absolute Gasteiger partial charge is 0.497 e. The maximum absolute atomic E-state index is 14.7. The summed E-state index contributed by atoms with van der Waals surface area (Å²) in [6.07, 6.45) is 5.68. The quantitative estimate of drug-likeness (QED) is 0.0968. The Morgan fingerprint density at radius 1 is 0.672 bits per heavy atom. The second-order valence-electron chi connectivity index (χ2n) is 16.5. The van der Waals surface area contributed by atoms with Crippen molar-refractivity contribution in [3.05, 3.63) is 215 Å². The lowest BCUT2D eigenvalue weighted by atomic mass is 9.91. The molecule has 0 bridgehead atoms. The first kappa shape index (κ1) is 41.9. The van der Waals surface area contributed by atoms with Crippen molar-refractivity contribution >= 4 is 16.8 Å². The molecule has 312 valence electrons. The number of methoxy groups -OCH3 is 1. The SMILES string of the molecule is COc1ccc([C@@H](C)N(CC=C(c2ccccc2)c2ccccc2)CCN2CCN(CC3Cc4cc(F)ccc4N(CC=C(c4ccccc4)c4ccccc4)C3)CC2)cc1. The Balaban J connectivity index is 0.928. The number of benzene rings is 6. The number of hydrogen-bond donors (Lipinski definition) is 0. The molecule has 2 atom stereocenters. The Bertz CT molecular complexity index is 2240. The molecule has 0 amide bonds. The molecule has 8 rings (SSSR count). The first-order chi connectivity index (χ1) is 30.0. The van der Waals surface area contributed by atoms with E-state index in [1.54, 1.807) is 19.2 Å². The summed E-state index contributed by atoms with van der Waals surface area (Å²) in [5, 5.41) is 0. The van der Waals surface area contributed by atoms with Crippen LogP contribution in [0.15, 0.2) is 176 Å². The van der Waals surface area contributed by atoms with Gasteiger partial charge in [0.2, 0.25) is 0 Å². The minimum Gasteiger partial charge on any atom is -0.497 e. The topological polar surface area (TPSA) is 22.2 Å². The maximum Gasteiger partial charge on any atom is 0.123 e. The second kappa shape index (κ2) is 20.7. The summed E-state index contributed by atoms with van der Waals surface area (Å²) in [7, 11) is 1.72. The molecule has 1 unspecified atom stereocenters. The van der Waals surface area contributed by atoms with Crippen molar-refractivity contribution in [1.82, 2.24) is 14.7 Å². The van der Waals surface area contributed by atoms with Gasteiger partial charge < -0.3 is 14.5 Å². The zero-order chi connectivity index (χ0) is 41.8. The van der Waals surface area contributed by atoms with Crippen molar-refractivity contribution in [1.29, 1.82) is 0 Å². The third-order valence-corrected chi connectivity index (χ3v) is 12.6. The van der Waals surface area contributed by atoms with Gasteiger partial charge in [-0.25, -0.2) is 4.39 Å². The molecule has 1 saturated heterocycles. The van der Waals surface area contributed by atoms with Crippen LogP contribution in [0.1, 0.15) is 46.3 Å². The highest BCUT2D eigenvalue weighted by atomic mass is 19.1. The molecule has 61 heavy (non-hydrogen) atoms. The zero-order valence-corrected chi connectivity index (χ0v) is 35.8. The lowest BCUT2D eigenvalue weighted by Gasteiger charge is -2.41. The molecule has 0 radical (unpaired) electrons. The van der Waals surface area contributed by atoms with E-state index in [0.717, 1.165) is 88.9 Å². The Kier molecular flexibility index (Phi) is 14.2. The number of halogens is 1. The van der Waals surface area contributed by atoms with Gasteiger partial charge in [0, 0.05) is 77.2 Å². The van der Waals surface area contributed by atoms with Crippen LogP contribution < -0.4 is 9.64 Å². The third-order valence-electron chi connectivity index (χ3n) is 12.6. The second-order valence-corrected chi connectivity index (χ2v) is 16.5. The molecule has 2 aliphatic rings. The van der Waals surface area contributed by atoms with Crippen molar-refractivity contribution in [3.8, 4) is 5.75 Å². The van der Waals surface area contributed by atoms with E-state index >= 15 is 0 Å². The van der Waals surface area contributed by atoms with Gasteiger partial charge in [-0.1, -0.05) is 146 Å². The Hall–Kier alpha value is -5.79. The number of ether oxygens (including phenoxy) is 1. The predicted octanol–water partition coefficient (Wildman–Crippen LogP) is 10.8. The summed E-state index contributed by atoms with van der Waals surface area (Å²) in [5.41, 5.74) is 10.9. The Morgan fingerprint density at radius 2 is 1.20 bits per heavy atom. The van der Waals surface area contributed by atoms with Gasteiger partial charge in [0.1, 0.15) is 11.6 Å². The summed E-state index contributed by atoms with van der Waals surface area (Å²) in [4.78, 5) is 10.4. The van der Waals surface area contributed by atoms with E-state index in [2.05, 4.69) is 184 Å². The molecule has 6 heteroatoms. The van der Waals surface area contributed by atoms with E-state index in [-0.39, 0.29) is 11.9 Å². The van der Waals surface area contributed by atoms with Crippen LogP contribution in [0.3, 0.4) is 0 Å². The minimum absolute atomic E-state index is 0.153. The van der Waals surface area contributed by atoms with Gasteiger partial charge in [-0.2, -0.15) is 0 Å². The van der Waals surface area contributed by atoms with E-state index in [4.69, 9.17) is 4.74 Å². The van der Waals surface area contributed by atoms with Gasteiger partial charge >= 0.3 is 0 Å². The molecule has 5 nitrogen and oxygen atoms in total. The standard InChI is InChI=1S/C55H59FN4O/c1-43(45-23-26-52(61-2)27-24-45)59(31-29-53(46-15-7-3-8-16-46)47-17-9-4-10-18-47)38-37-57-33-35-58(36-34-57)41-44-39-50-40-51(56)25-28-55(50)60(42-44)32-30-54(48-19-11-5-12-20-48)49-21-13-6-14-22-49/h3-30,40,43-44H,31-39,41-42H2,1-2H3/t43-,44?/m1/s1. The van der Waals surface area contributed by atoms with Crippen molar-refractivity contribution in [3.63, 3.8) is 0 Å². The zero-order valence-electron chi connectivity index (χ0n) is 35.8. The molecular formula is C55H59FN4O. The number of piperazine rings is 1. The van der Waals surface area contributed by atoms with Gasteiger partial charge in [0.05, 0.1) is 7.11 Å². The van der Waals surface area contributed by atoms with Crippen LogP contribution in [0.25, 0.3) is 11.1 Å². The molecule has 0 N–H and O–H groups in total. The first-order valence-electron chi connectivity index (χ1n) is 22.0. The maximum atomic E-state index is 14.7. The van der Waals surface area contributed by atoms with E-state index in [0.29, 0.717) is 5.92 Å². The number of rotatable bonds is 16. The van der Waals surface area contributed by atoms with Gasteiger partial charge in [-0.15, -0.1) is 0 Å². The minimum atomic E-state index is -0.153. The van der Waals surface area contributed by atoms with Crippen LogP contribution in [-0.2, 0) is 6.42 Å². The number of fused-ring (bicyclic) bond motifs is 1. The summed E-state index contributed by atoms with van der Waals surface area (Å²) in [6, 6.07) is 56.9. The van der Waals surface area contributed by atoms with Gasteiger partial charge in [-0.05, 0) is 94.1 Å². The number of hydrogen-bond acceptors (Lipinski definition) is 5. The van der Waals surface area contributed by atoms with Gasteiger partial charge in [-0.3, -0.25) is 9.80 Å². The van der Waals surface area contributed by atoms with Crippen LogP contribution in [0.4, 0.5) is 10.1 Å². The van der Waals surface area contributed by atoms with E-state index in [9.17, 15) is 4.39 Å².